The Balaban J connectivity index is 1.99. The van der Waals surface area contributed by atoms with E-state index in [1.165, 1.54) is 24.3 Å². The summed E-state index contributed by atoms with van der Waals surface area (Å²) < 4.78 is 13.1. The number of rotatable bonds is 1. The zero-order valence-electron chi connectivity index (χ0n) is 11.7. The first kappa shape index (κ1) is 13.9. The van der Waals surface area contributed by atoms with E-state index in [0.29, 0.717) is 32.6 Å². The summed E-state index contributed by atoms with van der Waals surface area (Å²) in [6.07, 6.45) is 0. The van der Waals surface area contributed by atoms with Crippen LogP contribution in [-0.4, -0.2) is 11.8 Å². The van der Waals surface area contributed by atoms with Gasteiger partial charge in [0.1, 0.15) is 5.82 Å². The van der Waals surface area contributed by atoms with E-state index in [2.05, 4.69) is 0 Å². The van der Waals surface area contributed by atoms with Crippen LogP contribution in [0, 0.1) is 5.82 Å². The number of hydrogen-bond acceptors (Lipinski definition) is 2. The van der Waals surface area contributed by atoms with Crippen molar-refractivity contribution in [2.45, 2.75) is 0 Å². The molecule has 0 unspecified atom stereocenters. The zero-order chi connectivity index (χ0) is 16.1. The van der Waals surface area contributed by atoms with E-state index >= 15 is 0 Å². The van der Waals surface area contributed by atoms with Gasteiger partial charge in [-0.15, -0.1) is 0 Å². The molecular formula is C18H9ClFNO2. The third-order valence-corrected chi connectivity index (χ3v) is 4.27. The minimum atomic E-state index is -0.443. The maximum atomic E-state index is 13.1. The molecule has 1 heterocycles. The summed E-state index contributed by atoms with van der Waals surface area (Å²) in [6, 6.07) is 13.7. The standard InChI is InChI=1S/C18H9ClFNO2/c19-15-9-8-14-16-12(15)2-1-3-13(16)17(22)21(18(14)23)11-6-4-10(20)5-7-11/h1-9H. The van der Waals surface area contributed by atoms with Crippen LogP contribution >= 0.6 is 11.6 Å². The monoisotopic (exact) mass is 325 g/mol. The van der Waals surface area contributed by atoms with Crippen LogP contribution in [0.15, 0.2) is 54.6 Å². The molecule has 0 saturated heterocycles. The van der Waals surface area contributed by atoms with E-state index < -0.39 is 17.6 Å². The molecule has 0 atom stereocenters. The Morgan fingerprint density at radius 3 is 2.17 bits per heavy atom. The van der Waals surface area contributed by atoms with Crippen molar-refractivity contribution >= 4 is 39.9 Å². The Kier molecular flexibility index (Phi) is 2.96. The fraction of sp³-hybridized carbons (Fsp3) is 0. The number of carbonyl (C=O) groups excluding carboxylic acids is 2. The number of benzene rings is 3. The number of amides is 2. The first-order valence-electron chi connectivity index (χ1n) is 6.93. The Morgan fingerprint density at radius 1 is 0.826 bits per heavy atom. The SMILES string of the molecule is O=C1c2cccc3c(Cl)ccc(c23)C(=O)N1c1ccc(F)cc1. The van der Waals surface area contributed by atoms with Crippen molar-refractivity contribution in [2.24, 2.45) is 0 Å². The average molecular weight is 326 g/mol. The Hall–Kier alpha value is -2.72. The number of carbonyl (C=O) groups is 2. The molecule has 23 heavy (non-hydrogen) atoms. The fourth-order valence-corrected chi connectivity index (χ4v) is 3.11. The topological polar surface area (TPSA) is 37.4 Å². The fourth-order valence-electron chi connectivity index (χ4n) is 2.89. The van der Waals surface area contributed by atoms with E-state index in [0.717, 1.165) is 4.90 Å². The third-order valence-electron chi connectivity index (χ3n) is 3.94. The minimum Gasteiger partial charge on any atom is -0.268 e. The van der Waals surface area contributed by atoms with E-state index in [4.69, 9.17) is 11.6 Å². The Bertz CT molecular complexity index is 960. The van der Waals surface area contributed by atoms with Crippen LogP contribution in [0.1, 0.15) is 20.7 Å². The van der Waals surface area contributed by atoms with E-state index in [1.807, 2.05) is 0 Å². The van der Waals surface area contributed by atoms with Gasteiger partial charge in [-0.1, -0.05) is 23.7 Å². The van der Waals surface area contributed by atoms with Crippen molar-refractivity contribution in [2.75, 3.05) is 4.90 Å². The molecule has 3 nitrogen and oxygen atoms in total. The lowest BCUT2D eigenvalue weighted by Crippen LogP contribution is -2.40. The quantitative estimate of drug-likeness (QED) is 0.621. The van der Waals surface area contributed by atoms with Crippen LogP contribution in [0.4, 0.5) is 10.1 Å². The van der Waals surface area contributed by atoms with Crippen molar-refractivity contribution in [3.63, 3.8) is 0 Å². The molecule has 112 valence electrons. The van der Waals surface area contributed by atoms with Crippen molar-refractivity contribution in [1.82, 2.24) is 0 Å². The molecule has 3 aromatic carbocycles. The number of anilines is 1. The molecule has 1 aliphatic rings. The summed E-state index contributed by atoms with van der Waals surface area (Å²) in [5.74, 6) is -1.32. The predicted octanol–water partition coefficient (Wildman–Crippen LogP) is 4.43. The second-order valence-electron chi connectivity index (χ2n) is 5.25. The molecule has 0 spiro atoms. The molecule has 2 amide bonds. The highest BCUT2D eigenvalue weighted by atomic mass is 35.5. The van der Waals surface area contributed by atoms with Gasteiger partial charge in [-0.05, 0) is 42.5 Å². The van der Waals surface area contributed by atoms with E-state index in [1.54, 1.807) is 30.3 Å². The average Bonchev–Trinajstić information content (AvgIpc) is 2.56. The van der Waals surface area contributed by atoms with Gasteiger partial charge in [0.2, 0.25) is 0 Å². The normalized spacial score (nSPS) is 13.7. The van der Waals surface area contributed by atoms with Crippen LogP contribution in [0.5, 0.6) is 0 Å². The van der Waals surface area contributed by atoms with Crippen LogP contribution < -0.4 is 4.90 Å². The van der Waals surface area contributed by atoms with Gasteiger partial charge in [-0.2, -0.15) is 0 Å². The smallest absolute Gasteiger partial charge is 0.265 e. The number of nitrogens with zero attached hydrogens (tertiary/aromatic N) is 1. The largest absolute Gasteiger partial charge is 0.268 e. The van der Waals surface area contributed by atoms with Crippen LogP contribution in [0.25, 0.3) is 10.8 Å². The lowest BCUT2D eigenvalue weighted by Gasteiger charge is -2.27. The lowest BCUT2D eigenvalue weighted by molar-refractivity contribution is 0.0893. The predicted molar refractivity (Wildman–Crippen MR) is 86.5 cm³/mol. The molecule has 0 N–H and O–H groups in total. The van der Waals surface area contributed by atoms with Gasteiger partial charge in [0.15, 0.2) is 0 Å². The summed E-state index contributed by atoms with van der Waals surface area (Å²) in [6.45, 7) is 0. The molecular weight excluding hydrogens is 317 g/mol. The van der Waals surface area contributed by atoms with Crippen molar-refractivity contribution in [1.29, 1.82) is 0 Å². The summed E-state index contributed by atoms with van der Waals surface area (Å²) in [5.41, 5.74) is 1.15. The van der Waals surface area contributed by atoms with Gasteiger partial charge >= 0.3 is 0 Å². The van der Waals surface area contributed by atoms with Gasteiger partial charge in [0, 0.05) is 26.9 Å². The van der Waals surface area contributed by atoms with Crippen molar-refractivity contribution < 1.29 is 14.0 Å². The first-order valence-corrected chi connectivity index (χ1v) is 7.31. The van der Waals surface area contributed by atoms with Gasteiger partial charge < -0.3 is 0 Å². The number of hydrogen-bond donors (Lipinski definition) is 0. The molecule has 5 heteroatoms. The lowest BCUT2D eigenvalue weighted by atomic mass is 9.93. The molecule has 0 radical (unpaired) electrons. The second-order valence-corrected chi connectivity index (χ2v) is 5.65. The van der Waals surface area contributed by atoms with Crippen LogP contribution in [0.3, 0.4) is 0 Å². The molecule has 4 rings (SSSR count). The molecule has 0 aromatic heterocycles. The zero-order valence-corrected chi connectivity index (χ0v) is 12.5. The van der Waals surface area contributed by atoms with Gasteiger partial charge in [-0.3, -0.25) is 9.59 Å². The molecule has 0 saturated carbocycles. The Morgan fingerprint density at radius 2 is 1.48 bits per heavy atom. The molecule has 0 bridgehead atoms. The summed E-state index contributed by atoms with van der Waals surface area (Å²) in [4.78, 5) is 26.6. The number of imide groups is 1. The summed E-state index contributed by atoms with van der Waals surface area (Å²) >= 11 is 6.17. The van der Waals surface area contributed by atoms with Crippen LogP contribution in [-0.2, 0) is 0 Å². The minimum absolute atomic E-state index is 0.332. The number of halogens is 2. The molecule has 1 aliphatic heterocycles. The summed E-state index contributed by atoms with van der Waals surface area (Å²) in [7, 11) is 0. The highest BCUT2D eigenvalue weighted by Gasteiger charge is 2.34. The van der Waals surface area contributed by atoms with E-state index in [9.17, 15) is 14.0 Å². The van der Waals surface area contributed by atoms with Gasteiger partial charge in [0.05, 0.1) is 5.69 Å². The highest BCUT2D eigenvalue weighted by molar-refractivity contribution is 6.40. The summed E-state index contributed by atoms with van der Waals surface area (Å²) in [5, 5.41) is 1.72. The highest BCUT2D eigenvalue weighted by Crippen LogP contribution is 2.35. The van der Waals surface area contributed by atoms with Crippen molar-refractivity contribution in [3.8, 4) is 0 Å². The maximum Gasteiger partial charge on any atom is 0.265 e. The molecule has 0 aliphatic carbocycles. The van der Waals surface area contributed by atoms with Crippen LogP contribution in [0.2, 0.25) is 5.02 Å². The van der Waals surface area contributed by atoms with Gasteiger partial charge in [-0.25, -0.2) is 9.29 Å². The van der Waals surface area contributed by atoms with Gasteiger partial charge in [0.25, 0.3) is 11.8 Å². The molecule has 3 aromatic rings. The Labute approximate surface area is 135 Å². The maximum absolute atomic E-state index is 13.1. The van der Waals surface area contributed by atoms with E-state index in [-0.39, 0.29) is 0 Å². The second kappa shape index (κ2) is 4.89. The molecule has 0 fully saturated rings. The van der Waals surface area contributed by atoms with Crippen molar-refractivity contribution in [3.05, 3.63) is 76.6 Å². The first-order chi connectivity index (χ1) is 11.1. The third kappa shape index (κ3) is 1.95.